The lowest BCUT2D eigenvalue weighted by atomic mass is 9.43. The maximum atomic E-state index is 3.71. The molecule has 0 aromatic heterocycles. The van der Waals surface area contributed by atoms with Crippen LogP contribution in [0.25, 0.3) is 0 Å². The molecule has 1 spiro atoms. The molecule has 2 aliphatic rings. The summed E-state index contributed by atoms with van der Waals surface area (Å²) in [6.45, 7) is 6.88. The van der Waals surface area contributed by atoms with E-state index < -0.39 is 0 Å². The van der Waals surface area contributed by atoms with E-state index in [9.17, 15) is 0 Å². The molecule has 104 valence electrons. The Morgan fingerprint density at radius 1 is 1.11 bits per heavy atom. The second-order valence-corrected chi connectivity index (χ2v) is 7.38. The van der Waals surface area contributed by atoms with E-state index in [0.717, 1.165) is 24.4 Å². The Hall–Kier alpha value is -0.820. The van der Waals surface area contributed by atoms with Gasteiger partial charge in [0.15, 0.2) is 0 Å². The van der Waals surface area contributed by atoms with Crippen molar-refractivity contribution >= 4 is 0 Å². The Labute approximate surface area is 117 Å². The number of rotatable bonds is 5. The molecule has 0 unspecified atom stereocenters. The van der Waals surface area contributed by atoms with Gasteiger partial charge >= 0.3 is 0 Å². The predicted octanol–water partition coefficient (Wildman–Crippen LogP) is 4.13. The van der Waals surface area contributed by atoms with E-state index in [1.807, 2.05) is 0 Å². The summed E-state index contributed by atoms with van der Waals surface area (Å²) in [6.07, 6.45) is 7.24. The fourth-order valence-electron chi connectivity index (χ4n) is 4.24. The molecule has 0 radical (unpaired) electrons. The van der Waals surface area contributed by atoms with Crippen LogP contribution in [0.15, 0.2) is 30.3 Å². The van der Waals surface area contributed by atoms with Crippen molar-refractivity contribution in [3.05, 3.63) is 35.9 Å². The molecule has 1 nitrogen and oxygen atoms in total. The molecule has 3 rings (SSSR count). The molecule has 0 atom stereocenters. The standard InChI is InChI=1S/C18H27N/c1-15(2)11-19-14-18(16-7-4-3-5-8-16)12-17(13-18)9-6-10-17/h3-5,7-8,15,19H,6,9-14H2,1-2H3. The lowest BCUT2D eigenvalue weighted by molar-refractivity contribution is -0.0484. The minimum absolute atomic E-state index is 0.427. The van der Waals surface area contributed by atoms with Crippen LogP contribution in [0.1, 0.15) is 51.5 Å². The van der Waals surface area contributed by atoms with E-state index in [2.05, 4.69) is 49.5 Å². The van der Waals surface area contributed by atoms with E-state index >= 15 is 0 Å². The van der Waals surface area contributed by atoms with Crippen molar-refractivity contribution in [2.45, 2.75) is 51.4 Å². The Morgan fingerprint density at radius 3 is 2.32 bits per heavy atom. The quantitative estimate of drug-likeness (QED) is 0.836. The van der Waals surface area contributed by atoms with Crippen molar-refractivity contribution < 1.29 is 0 Å². The first-order valence-electron chi connectivity index (χ1n) is 7.91. The Kier molecular flexibility index (Phi) is 3.42. The van der Waals surface area contributed by atoms with E-state index in [-0.39, 0.29) is 0 Å². The molecule has 1 aromatic rings. The van der Waals surface area contributed by atoms with Crippen molar-refractivity contribution in [1.29, 1.82) is 0 Å². The van der Waals surface area contributed by atoms with E-state index in [1.54, 1.807) is 5.56 Å². The molecular formula is C18H27N. The van der Waals surface area contributed by atoms with Crippen molar-refractivity contribution in [1.82, 2.24) is 5.32 Å². The van der Waals surface area contributed by atoms with Crippen molar-refractivity contribution in [2.24, 2.45) is 11.3 Å². The van der Waals surface area contributed by atoms with Gasteiger partial charge < -0.3 is 5.32 Å². The number of hydrogen-bond donors (Lipinski definition) is 1. The van der Waals surface area contributed by atoms with Gasteiger partial charge in [0.2, 0.25) is 0 Å². The van der Waals surface area contributed by atoms with E-state index in [4.69, 9.17) is 0 Å². The molecule has 2 saturated carbocycles. The third-order valence-electron chi connectivity index (χ3n) is 5.24. The Balaban J connectivity index is 1.70. The first kappa shape index (κ1) is 13.2. The predicted molar refractivity (Wildman–Crippen MR) is 81.3 cm³/mol. The van der Waals surface area contributed by atoms with Crippen LogP contribution in [0.4, 0.5) is 0 Å². The van der Waals surface area contributed by atoms with Gasteiger partial charge in [0.25, 0.3) is 0 Å². The highest BCUT2D eigenvalue weighted by molar-refractivity contribution is 5.32. The molecule has 0 bridgehead atoms. The zero-order chi connectivity index (χ0) is 13.3. The maximum absolute atomic E-state index is 3.71. The largest absolute Gasteiger partial charge is 0.316 e. The molecule has 1 aromatic carbocycles. The summed E-state index contributed by atoms with van der Waals surface area (Å²) in [4.78, 5) is 0. The van der Waals surface area contributed by atoms with E-state index in [0.29, 0.717) is 5.41 Å². The fourth-order valence-corrected chi connectivity index (χ4v) is 4.24. The van der Waals surface area contributed by atoms with Gasteiger partial charge in [0.05, 0.1) is 0 Å². The third kappa shape index (κ3) is 2.45. The van der Waals surface area contributed by atoms with Gasteiger partial charge in [0.1, 0.15) is 0 Å². The van der Waals surface area contributed by atoms with Crippen LogP contribution in [0.2, 0.25) is 0 Å². The molecule has 1 N–H and O–H groups in total. The zero-order valence-electron chi connectivity index (χ0n) is 12.4. The number of hydrogen-bond acceptors (Lipinski definition) is 1. The summed E-state index contributed by atoms with van der Waals surface area (Å²) in [5.74, 6) is 0.741. The van der Waals surface area contributed by atoms with Crippen LogP contribution < -0.4 is 5.32 Å². The smallest absolute Gasteiger partial charge is 0.00883 e. The molecular weight excluding hydrogens is 230 g/mol. The van der Waals surface area contributed by atoms with Crippen LogP contribution in [-0.2, 0) is 5.41 Å². The highest BCUT2D eigenvalue weighted by Gasteiger charge is 2.57. The molecule has 1 heteroatoms. The van der Waals surface area contributed by atoms with Gasteiger partial charge in [-0.1, -0.05) is 50.6 Å². The fraction of sp³-hybridized carbons (Fsp3) is 0.667. The number of benzene rings is 1. The average molecular weight is 257 g/mol. The van der Waals surface area contributed by atoms with Gasteiger partial charge in [-0.2, -0.15) is 0 Å². The van der Waals surface area contributed by atoms with Crippen molar-refractivity contribution in [3.8, 4) is 0 Å². The van der Waals surface area contributed by atoms with Crippen LogP contribution in [-0.4, -0.2) is 13.1 Å². The first-order chi connectivity index (χ1) is 9.14. The summed E-state index contributed by atoms with van der Waals surface area (Å²) in [6, 6.07) is 11.2. The zero-order valence-corrected chi connectivity index (χ0v) is 12.4. The Bertz CT molecular complexity index is 409. The van der Waals surface area contributed by atoms with Gasteiger partial charge in [-0.3, -0.25) is 0 Å². The van der Waals surface area contributed by atoms with Crippen LogP contribution >= 0.6 is 0 Å². The second kappa shape index (κ2) is 4.94. The topological polar surface area (TPSA) is 12.0 Å². The minimum Gasteiger partial charge on any atom is -0.316 e. The monoisotopic (exact) mass is 257 g/mol. The van der Waals surface area contributed by atoms with Crippen molar-refractivity contribution in [2.75, 3.05) is 13.1 Å². The molecule has 0 aliphatic heterocycles. The molecule has 19 heavy (non-hydrogen) atoms. The van der Waals surface area contributed by atoms with Gasteiger partial charge in [-0.25, -0.2) is 0 Å². The van der Waals surface area contributed by atoms with Crippen molar-refractivity contribution in [3.63, 3.8) is 0 Å². The summed E-state index contributed by atoms with van der Waals surface area (Å²) in [5, 5.41) is 3.71. The van der Waals surface area contributed by atoms with Gasteiger partial charge in [0, 0.05) is 12.0 Å². The molecule has 2 fully saturated rings. The average Bonchev–Trinajstić information content (AvgIpc) is 2.31. The SMILES string of the molecule is CC(C)CNCC1(c2ccccc2)CC2(CCC2)C1. The summed E-state index contributed by atoms with van der Waals surface area (Å²) < 4.78 is 0. The molecule has 0 saturated heterocycles. The van der Waals surface area contributed by atoms with Gasteiger partial charge in [-0.15, -0.1) is 0 Å². The normalized spacial score (nSPS) is 23.1. The first-order valence-corrected chi connectivity index (χ1v) is 7.91. The van der Waals surface area contributed by atoms with Crippen LogP contribution in [0, 0.1) is 11.3 Å². The highest BCUT2D eigenvalue weighted by atomic mass is 14.9. The van der Waals surface area contributed by atoms with Crippen LogP contribution in [0.5, 0.6) is 0 Å². The molecule has 0 heterocycles. The lowest BCUT2D eigenvalue weighted by Crippen LogP contribution is -2.57. The van der Waals surface area contributed by atoms with E-state index in [1.165, 1.54) is 32.1 Å². The van der Waals surface area contributed by atoms with Crippen LogP contribution in [0.3, 0.4) is 0 Å². The maximum Gasteiger partial charge on any atom is 0.00883 e. The third-order valence-corrected chi connectivity index (χ3v) is 5.24. The summed E-state index contributed by atoms with van der Waals surface area (Å²) >= 11 is 0. The Morgan fingerprint density at radius 2 is 1.79 bits per heavy atom. The second-order valence-electron chi connectivity index (χ2n) is 7.38. The van der Waals surface area contributed by atoms with Gasteiger partial charge in [-0.05, 0) is 49.1 Å². The molecule has 0 amide bonds. The summed E-state index contributed by atoms with van der Waals surface area (Å²) in [7, 11) is 0. The number of nitrogens with one attached hydrogen (secondary N) is 1. The summed E-state index contributed by atoms with van der Waals surface area (Å²) in [5.41, 5.74) is 2.72. The highest BCUT2D eigenvalue weighted by Crippen LogP contribution is 2.64. The minimum atomic E-state index is 0.427. The molecule has 2 aliphatic carbocycles. The lowest BCUT2D eigenvalue weighted by Gasteiger charge is -2.62.